The lowest BCUT2D eigenvalue weighted by Gasteiger charge is -2.23. The second-order valence-electron chi connectivity index (χ2n) is 7.94. The Morgan fingerprint density at radius 2 is 1.97 bits per heavy atom. The van der Waals surface area contributed by atoms with E-state index in [-0.39, 0.29) is 23.8 Å². The van der Waals surface area contributed by atoms with E-state index in [1.807, 2.05) is 35.4 Å². The number of nitrogens with zero attached hydrogens (tertiary/aromatic N) is 5. The van der Waals surface area contributed by atoms with E-state index in [0.29, 0.717) is 43.2 Å². The molecule has 1 N–H and O–H groups in total. The predicted octanol–water partition coefficient (Wildman–Crippen LogP) is 2.57. The van der Waals surface area contributed by atoms with Crippen LogP contribution in [0.25, 0.3) is 0 Å². The number of pyridine rings is 1. The summed E-state index contributed by atoms with van der Waals surface area (Å²) in [5.41, 5.74) is 0.467. The van der Waals surface area contributed by atoms with Crippen molar-refractivity contribution < 1.29 is 14.0 Å². The molecule has 0 aromatic carbocycles. The summed E-state index contributed by atoms with van der Waals surface area (Å²) in [5, 5.41) is 11.8. The summed E-state index contributed by atoms with van der Waals surface area (Å²) in [7, 11) is 0. The number of rotatable bonds is 7. The first-order valence-corrected chi connectivity index (χ1v) is 11.6. The van der Waals surface area contributed by atoms with Crippen molar-refractivity contribution in [2.45, 2.75) is 37.8 Å². The Morgan fingerprint density at radius 3 is 2.69 bits per heavy atom. The Balaban J connectivity index is 1.42. The van der Waals surface area contributed by atoms with Gasteiger partial charge in [-0.05, 0) is 24.1 Å². The average Bonchev–Trinajstić information content (AvgIpc) is 3.42. The van der Waals surface area contributed by atoms with Crippen molar-refractivity contribution in [3.63, 3.8) is 0 Å². The number of thioether (sulfide) groups is 1. The summed E-state index contributed by atoms with van der Waals surface area (Å²) in [5.74, 6) is 1.92. The van der Waals surface area contributed by atoms with Crippen LogP contribution in [0.2, 0.25) is 0 Å². The van der Waals surface area contributed by atoms with Gasteiger partial charge in [-0.15, -0.1) is 22.0 Å². The summed E-state index contributed by atoms with van der Waals surface area (Å²) >= 11 is 1.51. The number of carbonyl (C=O) groups excluding carboxylic acids is 2. The Hall–Kier alpha value is -3.14. The van der Waals surface area contributed by atoms with Crippen LogP contribution >= 0.6 is 11.8 Å². The summed E-state index contributed by atoms with van der Waals surface area (Å²) in [6.07, 6.45) is 6.97. The van der Waals surface area contributed by atoms with Crippen LogP contribution in [0.15, 0.2) is 52.4 Å². The number of carbonyl (C=O) groups is 2. The fourth-order valence-corrected chi connectivity index (χ4v) is 4.43. The van der Waals surface area contributed by atoms with E-state index in [1.54, 1.807) is 18.5 Å². The lowest BCUT2D eigenvalue weighted by molar-refractivity contribution is -0.128. The molecule has 0 saturated heterocycles. The Morgan fingerprint density at radius 1 is 1.16 bits per heavy atom. The molecular weight excluding hydrogens is 428 g/mol. The molecule has 1 atom stereocenters. The lowest BCUT2D eigenvalue weighted by atomic mass is 10.0. The molecule has 1 aliphatic heterocycles. The Bertz CT molecular complexity index is 1050. The first kappa shape index (κ1) is 22.1. The largest absolute Gasteiger partial charge is 0.472 e. The number of hydrogen-bond donors (Lipinski definition) is 1. The van der Waals surface area contributed by atoms with E-state index in [1.165, 1.54) is 24.3 Å². The highest BCUT2D eigenvalue weighted by Gasteiger charge is 2.28. The van der Waals surface area contributed by atoms with Crippen LogP contribution in [0.1, 0.15) is 41.9 Å². The lowest BCUT2D eigenvalue weighted by Crippen LogP contribution is -2.36. The van der Waals surface area contributed by atoms with Gasteiger partial charge in [0.15, 0.2) is 5.82 Å². The van der Waals surface area contributed by atoms with Gasteiger partial charge in [0.25, 0.3) is 5.91 Å². The Labute approximate surface area is 190 Å². The monoisotopic (exact) mass is 454 g/mol. The molecular formula is C22H26N6O3S. The van der Waals surface area contributed by atoms with Crippen LogP contribution in [-0.4, -0.2) is 55.3 Å². The van der Waals surface area contributed by atoms with Gasteiger partial charge in [0.1, 0.15) is 12.1 Å². The molecule has 0 fully saturated rings. The molecule has 4 heterocycles. The molecule has 0 aliphatic carbocycles. The maximum Gasteiger partial charge on any atom is 0.255 e. The maximum atomic E-state index is 12.8. The van der Waals surface area contributed by atoms with Gasteiger partial charge in [0.05, 0.1) is 23.6 Å². The minimum Gasteiger partial charge on any atom is -0.472 e. The zero-order chi connectivity index (χ0) is 22.5. The topological polar surface area (TPSA) is 106 Å². The highest BCUT2D eigenvalue weighted by molar-refractivity contribution is 8.00. The van der Waals surface area contributed by atoms with E-state index in [2.05, 4.69) is 20.5 Å². The molecule has 0 bridgehead atoms. The smallest absolute Gasteiger partial charge is 0.255 e. The molecule has 168 valence electrons. The van der Waals surface area contributed by atoms with Crippen molar-refractivity contribution in [2.24, 2.45) is 5.92 Å². The second-order valence-corrected chi connectivity index (χ2v) is 8.98. The summed E-state index contributed by atoms with van der Waals surface area (Å²) in [6, 6.07) is 5.13. The van der Waals surface area contributed by atoms with Crippen LogP contribution < -0.4 is 5.32 Å². The minimum atomic E-state index is -0.303. The van der Waals surface area contributed by atoms with Gasteiger partial charge < -0.3 is 19.2 Å². The van der Waals surface area contributed by atoms with E-state index < -0.39 is 0 Å². The van der Waals surface area contributed by atoms with Crippen molar-refractivity contribution in [2.75, 3.05) is 18.8 Å². The van der Waals surface area contributed by atoms with Crippen LogP contribution in [0.5, 0.6) is 0 Å². The van der Waals surface area contributed by atoms with Gasteiger partial charge in [0.2, 0.25) is 5.91 Å². The molecule has 0 spiro atoms. The SMILES string of the molecule is CC(C)[C@@H](NC(=O)c1ccoc1)c1nnc2n1CCN(C(=O)CSc1ccncc1)CC2. The first-order valence-electron chi connectivity index (χ1n) is 10.6. The van der Waals surface area contributed by atoms with Crippen LogP contribution in [0, 0.1) is 5.92 Å². The van der Waals surface area contributed by atoms with Crippen LogP contribution in [-0.2, 0) is 17.8 Å². The number of fused-ring (bicyclic) bond motifs is 1. The summed E-state index contributed by atoms with van der Waals surface area (Å²) in [4.78, 5) is 32.3. The molecule has 32 heavy (non-hydrogen) atoms. The van der Waals surface area contributed by atoms with Gasteiger partial charge in [-0.25, -0.2) is 0 Å². The normalized spacial score (nSPS) is 14.7. The van der Waals surface area contributed by atoms with E-state index >= 15 is 0 Å². The van der Waals surface area contributed by atoms with E-state index in [9.17, 15) is 9.59 Å². The highest BCUT2D eigenvalue weighted by atomic mass is 32.2. The molecule has 9 nitrogen and oxygen atoms in total. The fourth-order valence-electron chi connectivity index (χ4n) is 3.64. The van der Waals surface area contributed by atoms with Crippen LogP contribution in [0.4, 0.5) is 0 Å². The summed E-state index contributed by atoms with van der Waals surface area (Å²) in [6.45, 7) is 5.83. The van der Waals surface area contributed by atoms with Gasteiger partial charge >= 0.3 is 0 Å². The molecule has 3 aromatic heterocycles. The Kier molecular flexibility index (Phi) is 6.89. The molecule has 10 heteroatoms. The van der Waals surface area contributed by atoms with Crippen molar-refractivity contribution in [3.05, 3.63) is 60.3 Å². The number of aromatic nitrogens is 4. The van der Waals surface area contributed by atoms with Gasteiger partial charge in [-0.2, -0.15) is 0 Å². The molecule has 2 amide bonds. The maximum absolute atomic E-state index is 12.8. The van der Waals surface area contributed by atoms with Crippen molar-refractivity contribution in [1.29, 1.82) is 0 Å². The van der Waals surface area contributed by atoms with Crippen molar-refractivity contribution in [1.82, 2.24) is 30.0 Å². The zero-order valence-corrected chi connectivity index (χ0v) is 18.9. The quantitative estimate of drug-likeness (QED) is 0.547. The summed E-state index contributed by atoms with van der Waals surface area (Å²) < 4.78 is 7.07. The van der Waals surface area contributed by atoms with Crippen molar-refractivity contribution >= 4 is 23.6 Å². The molecule has 0 saturated carbocycles. The second kappa shape index (κ2) is 9.99. The van der Waals surface area contributed by atoms with Crippen molar-refractivity contribution in [3.8, 4) is 0 Å². The fraction of sp³-hybridized carbons (Fsp3) is 0.409. The predicted molar refractivity (Wildman–Crippen MR) is 119 cm³/mol. The third kappa shape index (κ3) is 5.01. The van der Waals surface area contributed by atoms with Gasteiger partial charge in [0, 0.05) is 43.3 Å². The van der Waals surface area contributed by atoms with Gasteiger partial charge in [-0.3, -0.25) is 14.6 Å². The number of furan rings is 1. The first-order chi connectivity index (χ1) is 15.5. The van der Waals surface area contributed by atoms with E-state index in [4.69, 9.17) is 4.42 Å². The average molecular weight is 455 g/mol. The third-order valence-electron chi connectivity index (χ3n) is 5.43. The highest BCUT2D eigenvalue weighted by Crippen LogP contribution is 2.24. The minimum absolute atomic E-state index is 0.0979. The van der Waals surface area contributed by atoms with Crippen LogP contribution in [0.3, 0.4) is 0 Å². The number of hydrogen-bond acceptors (Lipinski definition) is 7. The molecule has 1 aliphatic rings. The molecule has 3 aromatic rings. The number of amides is 2. The van der Waals surface area contributed by atoms with E-state index in [0.717, 1.165) is 10.7 Å². The van der Waals surface area contributed by atoms with Gasteiger partial charge in [-0.1, -0.05) is 13.8 Å². The standard InChI is InChI=1S/C22H26N6O3S/c1-15(2)20(24-22(30)16-6-12-31-13-16)21-26-25-18-5-9-27(10-11-28(18)21)19(29)14-32-17-3-7-23-8-4-17/h3-4,6-8,12-13,15,20H,5,9-11,14H2,1-2H3,(H,24,30)/t20-/m1/s1. The molecule has 4 rings (SSSR count). The third-order valence-corrected chi connectivity index (χ3v) is 6.43. The number of nitrogens with one attached hydrogen (secondary N) is 1. The molecule has 0 radical (unpaired) electrons. The zero-order valence-electron chi connectivity index (χ0n) is 18.1. The molecule has 0 unspecified atom stereocenters.